The number of pyridine rings is 1. The molecule has 1 aliphatic carbocycles. The van der Waals surface area contributed by atoms with Gasteiger partial charge < -0.3 is 35.1 Å². The predicted molar refractivity (Wildman–Crippen MR) is 209 cm³/mol. The molecule has 0 aliphatic heterocycles. The highest BCUT2D eigenvalue weighted by atomic mass is 32.1. The Morgan fingerprint density at radius 1 is 0.944 bits per heavy atom. The van der Waals surface area contributed by atoms with Gasteiger partial charge in [-0.1, -0.05) is 30.3 Å². The standard InChI is InChI=1S/C40H46N4O8S2/c1-43(28-11-9-27(10-12-28)40(39(49)52-50,34-5-3-21-53-34)35-6-4-22-54-35)19-20-44(2)37(48)25-51-29-13-7-26(8-14-29)23-41-24-33(46)30-15-17-32(45)38-31(30)16-18-36(47)42-38/h3-8,13-18,21-22,27-28,33,41,45-46,50H,9-12,19-20,23-25H2,1-2H3,(H,42,47)/t27?,28?,33-/m0/s1. The van der Waals surface area contributed by atoms with Gasteiger partial charge in [-0.25, -0.2) is 4.79 Å². The number of carbonyl (C=O) groups excluding carboxylic acids is 2. The molecule has 286 valence electrons. The van der Waals surface area contributed by atoms with Gasteiger partial charge in [0.25, 0.3) is 5.91 Å². The number of fused-ring (bicyclic) bond motifs is 1. The summed E-state index contributed by atoms with van der Waals surface area (Å²) < 4.78 is 5.80. The van der Waals surface area contributed by atoms with Gasteiger partial charge in [0.05, 0.1) is 11.6 Å². The van der Waals surface area contributed by atoms with Crippen LogP contribution in [0.15, 0.2) is 88.4 Å². The zero-order chi connectivity index (χ0) is 38.2. The highest BCUT2D eigenvalue weighted by molar-refractivity contribution is 7.12. The molecule has 0 radical (unpaired) electrons. The Bertz CT molecular complexity index is 2010. The lowest BCUT2D eigenvalue weighted by Crippen LogP contribution is -2.48. The summed E-state index contributed by atoms with van der Waals surface area (Å²) in [5.74, 6) is -0.262. The monoisotopic (exact) mass is 774 g/mol. The summed E-state index contributed by atoms with van der Waals surface area (Å²) in [6.07, 6.45) is 2.48. The van der Waals surface area contributed by atoms with E-state index in [2.05, 4.69) is 27.1 Å². The van der Waals surface area contributed by atoms with Gasteiger partial charge in [0.1, 0.15) is 16.9 Å². The maximum absolute atomic E-state index is 13.4. The Labute approximate surface area is 321 Å². The minimum Gasteiger partial charge on any atom is -0.506 e. The van der Waals surface area contributed by atoms with E-state index in [9.17, 15) is 29.9 Å². The van der Waals surface area contributed by atoms with Crippen LogP contribution in [-0.4, -0.2) is 88.5 Å². The van der Waals surface area contributed by atoms with E-state index in [-0.39, 0.29) is 36.3 Å². The molecule has 6 rings (SSSR count). The smallest absolute Gasteiger partial charge is 0.358 e. The zero-order valence-corrected chi connectivity index (χ0v) is 31.9. The summed E-state index contributed by atoms with van der Waals surface area (Å²) in [7, 11) is 3.85. The minimum atomic E-state index is -1.04. The van der Waals surface area contributed by atoms with E-state index in [1.165, 1.54) is 34.8 Å². The molecule has 1 atom stereocenters. The molecule has 3 heterocycles. The van der Waals surface area contributed by atoms with E-state index in [1.807, 2.05) is 47.2 Å². The van der Waals surface area contributed by atoms with E-state index >= 15 is 0 Å². The second-order valence-corrected chi connectivity index (χ2v) is 15.7. The van der Waals surface area contributed by atoms with Crippen LogP contribution in [0.2, 0.25) is 0 Å². The number of aromatic nitrogens is 1. The lowest BCUT2D eigenvalue weighted by atomic mass is 9.66. The molecular formula is C40H46N4O8S2. The van der Waals surface area contributed by atoms with Crippen LogP contribution in [0.3, 0.4) is 0 Å². The first-order valence-corrected chi connectivity index (χ1v) is 19.7. The highest BCUT2D eigenvalue weighted by Crippen LogP contribution is 2.50. The number of amides is 1. The van der Waals surface area contributed by atoms with Gasteiger partial charge in [0.2, 0.25) is 5.56 Å². The number of hydrogen-bond acceptors (Lipinski definition) is 12. The number of nitrogens with zero attached hydrogens (tertiary/aromatic N) is 2. The van der Waals surface area contributed by atoms with Crippen molar-refractivity contribution in [3.05, 3.63) is 115 Å². The Morgan fingerprint density at radius 2 is 1.63 bits per heavy atom. The second-order valence-electron chi connectivity index (χ2n) is 13.8. The van der Waals surface area contributed by atoms with Crippen molar-refractivity contribution in [3.63, 3.8) is 0 Å². The normalized spacial score (nSPS) is 16.7. The van der Waals surface area contributed by atoms with Crippen LogP contribution in [0.25, 0.3) is 10.9 Å². The topological polar surface area (TPSA) is 165 Å². The molecule has 3 aromatic heterocycles. The van der Waals surface area contributed by atoms with Crippen LogP contribution in [-0.2, 0) is 26.4 Å². The summed E-state index contributed by atoms with van der Waals surface area (Å²) in [5.41, 5.74) is 0.478. The molecule has 1 amide bonds. The van der Waals surface area contributed by atoms with Gasteiger partial charge in [0, 0.05) is 60.5 Å². The van der Waals surface area contributed by atoms with Gasteiger partial charge in [-0.15, -0.1) is 22.7 Å². The van der Waals surface area contributed by atoms with Gasteiger partial charge in [0.15, 0.2) is 6.61 Å². The number of aromatic hydroxyl groups is 1. The quantitative estimate of drug-likeness (QED) is 0.0638. The van der Waals surface area contributed by atoms with Gasteiger partial charge in [-0.2, -0.15) is 5.26 Å². The SMILES string of the molecule is CN(CCN(C)C1CCC(C(C(=O)OO)(c2cccs2)c2cccs2)CC1)C(=O)COc1ccc(CNC[C@H](O)c2ccc(O)c3[nH]c(=O)ccc23)cc1. The number of H-pyrrole nitrogens is 1. The molecule has 1 aliphatic rings. The van der Waals surface area contributed by atoms with E-state index in [1.54, 1.807) is 36.2 Å². The average Bonchev–Trinajstić information content (AvgIpc) is 3.94. The minimum absolute atomic E-state index is 0.0220. The van der Waals surface area contributed by atoms with Crippen molar-refractivity contribution in [2.24, 2.45) is 5.92 Å². The van der Waals surface area contributed by atoms with Crippen molar-refractivity contribution < 1.29 is 34.7 Å². The number of nitrogens with one attached hydrogen (secondary N) is 2. The first kappa shape index (κ1) is 39.1. The van der Waals surface area contributed by atoms with Gasteiger partial charge in [-0.05, 0) is 96.9 Å². The Kier molecular flexibility index (Phi) is 12.8. The second kappa shape index (κ2) is 17.7. The Hall–Kier alpha value is -4.57. The third-order valence-electron chi connectivity index (χ3n) is 10.6. The number of aliphatic hydroxyl groups is 1. The predicted octanol–water partition coefficient (Wildman–Crippen LogP) is 5.51. The molecule has 14 heteroatoms. The number of likely N-dealkylation sites (N-methyl/N-ethyl adjacent to an activating group) is 2. The van der Waals surface area contributed by atoms with Crippen LogP contribution < -0.4 is 15.6 Å². The van der Waals surface area contributed by atoms with Crippen molar-refractivity contribution in [2.45, 2.75) is 49.8 Å². The fourth-order valence-electron chi connectivity index (χ4n) is 7.51. The lowest BCUT2D eigenvalue weighted by Gasteiger charge is -2.42. The fourth-order valence-corrected chi connectivity index (χ4v) is 9.58. The summed E-state index contributed by atoms with van der Waals surface area (Å²) >= 11 is 3.01. The number of rotatable bonds is 16. The molecule has 5 N–H and O–H groups in total. The summed E-state index contributed by atoms with van der Waals surface area (Å²) in [6, 6.07) is 21.5. The van der Waals surface area contributed by atoms with E-state index in [0.717, 1.165) is 41.0 Å². The van der Waals surface area contributed by atoms with Crippen LogP contribution >= 0.6 is 22.7 Å². The molecule has 0 bridgehead atoms. The number of phenols is 1. The van der Waals surface area contributed by atoms with Crippen molar-refractivity contribution in [1.82, 2.24) is 20.1 Å². The average molecular weight is 775 g/mol. The third-order valence-corrected chi connectivity index (χ3v) is 12.6. The van der Waals surface area contributed by atoms with Gasteiger partial charge >= 0.3 is 5.97 Å². The van der Waals surface area contributed by atoms with E-state index < -0.39 is 17.5 Å². The van der Waals surface area contributed by atoms with Crippen molar-refractivity contribution in [2.75, 3.05) is 40.3 Å². The van der Waals surface area contributed by atoms with Crippen LogP contribution in [0, 0.1) is 5.92 Å². The number of thiophene rings is 2. The van der Waals surface area contributed by atoms with Crippen molar-refractivity contribution >= 4 is 45.5 Å². The van der Waals surface area contributed by atoms with Crippen LogP contribution in [0.5, 0.6) is 11.5 Å². The molecule has 2 aromatic carbocycles. The van der Waals surface area contributed by atoms with Crippen molar-refractivity contribution in [1.29, 1.82) is 0 Å². The number of aromatic amines is 1. The molecule has 0 unspecified atom stereocenters. The highest BCUT2D eigenvalue weighted by Gasteiger charge is 2.53. The molecule has 5 aromatic rings. The third kappa shape index (κ3) is 8.54. The van der Waals surface area contributed by atoms with E-state index in [4.69, 9.17) is 4.74 Å². The number of phenolic OH excluding ortho intramolecular Hbond substituents is 1. The fraction of sp³-hybridized carbons (Fsp3) is 0.375. The number of ether oxygens (including phenoxy) is 1. The summed E-state index contributed by atoms with van der Waals surface area (Å²) in [4.78, 5) is 50.8. The largest absolute Gasteiger partial charge is 0.506 e. The number of benzene rings is 2. The van der Waals surface area contributed by atoms with Crippen molar-refractivity contribution in [3.8, 4) is 11.5 Å². The summed E-state index contributed by atoms with van der Waals surface area (Å²) in [5, 5.41) is 38.2. The molecule has 54 heavy (non-hydrogen) atoms. The maximum atomic E-state index is 13.4. The first-order valence-electron chi connectivity index (χ1n) is 17.9. The number of hydrogen-bond donors (Lipinski definition) is 5. The lowest BCUT2D eigenvalue weighted by molar-refractivity contribution is -0.241. The molecular weight excluding hydrogens is 729 g/mol. The van der Waals surface area contributed by atoms with Crippen LogP contribution in [0.4, 0.5) is 0 Å². The van der Waals surface area contributed by atoms with Crippen LogP contribution in [0.1, 0.15) is 52.7 Å². The molecule has 0 spiro atoms. The first-order chi connectivity index (χ1) is 26.1. The summed E-state index contributed by atoms with van der Waals surface area (Å²) in [6.45, 7) is 1.88. The zero-order valence-electron chi connectivity index (χ0n) is 30.3. The Morgan fingerprint density at radius 3 is 2.26 bits per heavy atom. The van der Waals surface area contributed by atoms with E-state index in [0.29, 0.717) is 47.9 Å². The maximum Gasteiger partial charge on any atom is 0.358 e. The molecule has 1 saturated carbocycles. The molecule has 0 saturated heterocycles. The number of aliphatic hydroxyl groups excluding tert-OH is 1. The van der Waals surface area contributed by atoms with Gasteiger partial charge in [-0.3, -0.25) is 14.5 Å². The molecule has 1 fully saturated rings. The Balaban J connectivity index is 0.930. The number of carbonyl (C=O) groups is 2. The molecule has 12 nitrogen and oxygen atoms in total.